The molecule has 2 aliphatic rings. The van der Waals surface area contributed by atoms with E-state index in [0.29, 0.717) is 10.8 Å². The van der Waals surface area contributed by atoms with Gasteiger partial charge in [-0.05, 0) is 62.6 Å². The van der Waals surface area contributed by atoms with E-state index in [1.165, 1.54) is 71.0 Å². The topological polar surface area (TPSA) is 29.3 Å². The average molecular weight is 252 g/mol. The highest BCUT2D eigenvalue weighted by Gasteiger charge is 2.33. The first-order valence-corrected chi connectivity index (χ1v) is 7.98. The highest BCUT2D eigenvalue weighted by molar-refractivity contribution is 4.88. The van der Waals surface area contributed by atoms with E-state index in [1.807, 2.05) is 0 Å². The molecule has 1 heterocycles. The van der Waals surface area contributed by atoms with Gasteiger partial charge in [0.05, 0.1) is 0 Å². The number of nitrogens with zero attached hydrogens (tertiary/aromatic N) is 1. The lowest BCUT2D eigenvalue weighted by atomic mass is 9.73. The molecule has 106 valence electrons. The summed E-state index contributed by atoms with van der Waals surface area (Å²) in [5.74, 6) is 0. The Morgan fingerprint density at radius 3 is 2.28 bits per heavy atom. The van der Waals surface area contributed by atoms with Crippen molar-refractivity contribution in [2.45, 2.75) is 65.2 Å². The van der Waals surface area contributed by atoms with Crippen LogP contribution in [-0.4, -0.2) is 31.1 Å². The van der Waals surface area contributed by atoms with Crippen LogP contribution in [0.4, 0.5) is 0 Å². The largest absolute Gasteiger partial charge is 0.330 e. The van der Waals surface area contributed by atoms with Gasteiger partial charge in [0.25, 0.3) is 0 Å². The number of hydrogen-bond acceptors (Lipinski definition) is 2. The molecule has 0 radical (unpaired) electrons. The van der Waals surface area contributed by atoms with Crippen LogP contribution in [0.5, 0.6) is 0 Å². The molecule has 1 aliphatic heterocycles. The Morgan fingerprint density at radius 2 is 1.61 bits per heavy atom. The van der Waals surface area contributed by atoms with Gasteiger partial charge in [-0.2, -0.15) is 0 Å². The quantitative estimate of drug-likeness (QED) is 0.834. The van der Waals surface area contributed by atoms with Gasteiger partial charge in [0.2, 0.25) is 0 Å². The van der Waals surface area contributed by atoms with E-state index in [0.717, 1.165) is 6.54 Å². The van der Waals surface area contributed by atoms with Gasteiger partial charge in [-0.3, -0.25) is 0 Å². The zero-order chi connectivity index (χ0) is 13.1. The van der Waals surface area contributed by atoms with E-state index in [2.05, 4.69) is 18.7 Å². The summed E-state index contributed by atoms with van der Waals surface area (Å²) < 4.78 is 0. The summed E-state index contributed by atoms with van der Waals surface area (Å²) in [5, 5.41) is 0. The molecule has 2 rings (SSSR count). The third-order valence-electron chi connectivity index (χ3n) is 5.34. The van der Waals surface area contributed by atoms with Crippen molar-refractivity contribution in [1.82, 2.24) is 4.90 Å². The van der Waals surface area contributed by atoms with Crippen LogP contribution in [0.3, 0.4) is 0 Å². The molecular formula is C16H32N2. The molecule has 0 aromatic rings. The van der Waals surface area contributed by atoms with Crippen molar-refractivity contribution in [1.29, 1.82) is 0 Å². The number of likely N-dealkylation sites (tertiary alicyclic amines) is 1. The molecule has 1 saturated carbocycles. The van der Waals surface area contributed by atoms with Gasteiger partial charge in [-0.1, -0.05) is 33.1 Å². The van der Waals surface area contributed by atoms with Gasteiger partial charge >= 0.3 is 0 Å². The van der Waals surface area contributed by atoms with Crippen LogP contribution < -0.4 is 5.73 Å². The highest BCUT2D eigenvalue weighted by atomic mass is 15.1. The molecule has 0 atom stereocenters. The van der Waals surface area contributed by atoms with Crippen molar-refractivity contribution < 1.29 is 0 Å². The molecule has 2 N–H and O–H groups in total. The van der Waals surface area contributed by atoms with E-state index in [1.54, 1.807) is 0 Å². The first-order valence-electron chi connectivity index (χ1n) is 7.98. The summed E-state index contributed by atoms with van der Waals surface area (Å²) in [6.07, 6.45) is 11.1. The Kier molecular flexibility index (Phi) is 4.71. The average Bonchev–Trinajstić information content (AvgIpc) is 2.52. The number of rotatable bonds is 3. The van der Waals surface area contributed by atoms with E-state index in [-0.39, 0.29) is 0 Å². The van der Waals surface area contributed by atoms with Crippen molar-refractivity contribution in [2.24, 2.45) is 16.6 Å². The lowest BCUT2D eigenvalue weighted by Gasteiger charge is -2.40. The predicted octanol–water partition coefficient (Wildman–Crippen LogP) is 3.41. The minimum Gasteiger partial charge on any atom is -0.330 e. The minimum absolute atomic E-state index is 0.451. The molecule has 0 aromatic heterocycles. The number of hydrogen-bond donors (Lipinski definition) is 1. The minimum atomic E-state index is 0.451. The van der Waals surface area contributed by atoms with Gasteiger partial charge in [-0.25, -0.2) is 0 Å². The lowest BCUT2D eigenvalue weighted by Crippen LogP contribution is -2.44. The second kappa shape index (κ2) is 5.92. The van der Waals surface area contributed by atoms with Gasteiger partial charge in [0.1, 0.15) is 0 Å². The molecule has 18 heavy (non-hydrogen) atoms. The maximum absolute atomic E-state index is 6.12. The maximum Gasteiger partial charge on any atom is 0.00501 e. The van der Waals surface area contributed by atoms with Crippen molar-refractivity contribution in [3.8, 4) is 0 Å². The fourth-order valence-corrected chi connectivity index (χ4v) is 3.84. The highest BCUT2D eigenvalue weighted by Crippen LogP contribution is 2.37. The smallest absolute Gasteiger partial charge is 0.00501 e. The zero-order valence-electron chi connectivity index (χ0n) is 12.5. The fourth-order valence-electron chi connectivity index (χ4n) is 3.84. The molecule has 0 aromatic carbocycles. The summed E-state index contributed by atoms with van der Waals surface area (Å²) in [5.41, 5.74) is 7.12. The van der Waals surface area contributed by atoms with E-state index >= 15 is 0 Å². The Morgan fingerprint density at radius 1 is 0.889 bits per heavy atom. The molecular weight excluding hydrogens is 220 g/mol. The van der Waals surface area contributed by atoms with Crippen LogP contribution >= 0.6 is 0 Å². The Bertz CT molecular complexity index is 254. The standard InChI is InChI=1S/C16H32N2/c1-15(2)7-6-11-18(12-10-15)14-16(13-17)8-4-3-5-9-16/h3-14,17H2,1-2H3. The molecule has 1 saturated heterocycles. The summed E-state index contributed by atoms with van der Waals surface area (Å²) in [4.78, 5) is 2.72. The number of nitrogens with two attached hydrogens (primary N) is 1. The summed E-state index contributed by atoms with van der Waals surface area (Å²) in [6, 6.07) is 0. The van der Waals surface area contributed by atoms with Crippen molar-refractivity contribution in [2.75, 3.05) is 26.2 Å². The Labute approximate surface area is 113 Å². The second-order valence-electron chi connectivity index (χ2n) is 7.56. The van der Waals surface area contributed by atoms with Crippen molar-refractivity contribution >= 4 is 0 Å². The van der Waals surface area contributed by atoms with Crippen LogP contribution in [-0.2, 0) is 0 Å². The Hall–Kier alpha value is -0.0800. The molecule has 2 fully saturated rings. The zero-order valence-corrected chi connectivity index (χ0v) is 12.5. The van der Waals surface area contributed by atoms with Crippen LogP contribution in [0.2, 0.25) is 0 Å². The third-order valence-corrected chi connectivity index (χ3v) is 5.34. The van der Waals surface area contributed by atoms with Crippen LogP contribution in [0, 0.1) is 10.8 Å². The van der Waals surface area contributed by atoms with Gasteiger partial charge in [-0.15, -0.1) is 0 Å². The molecule has 0 spiro atoms. The Balaban J connectivity index is 1.91. The molecule has 2 nitrogen and oxygen atoms in total. The van der Waals surface area contributed by atoms with Gasteiger partial charge in [0.15, 0.2) is 0 Å². The molecule has 2 heteroatoms. The fraction of sp³-hybridized carbons (Fsp3) is 1.00. The molecule has 0 amide bonds. The summed E-state index contributed by atoms with van der Waals surface area (Å²) in [6.45, 7) is 9.60. The van der Waals surface area contributed by atoms with Gasteiger partial charge < -0.3 is 10.6 Å². The van der Waals surface area contributed by atoms with E-state index < -0.39 is 0 Å². The SMILES string of the molecule is CC1(C)CCCN(CC2(CN)CCCCC2)CC1. The van der Waals surface area contributed by atoms with Crippen LogP contribution in [0.25, 0.3) is 0 Å². The van der Waals surface area contributed by atoms with Gasteiger partial charge in [0, 0.05) is 6.54 Å². The first kappa shape index (κ1) is 14.3. The van der Waals surface area contributed by atoms with Crippen molar-refractivity contribution in [3.63, 3.8) is 0 Å². The first-order chi connectivity index (χ1) is 8.55. The second-order valence-corrected chi connectivity index (χ2v) is 7.56. The molecule has 0 bridgehead atoms. The molecule has 1 aliphatic carbocycles. The third kappa shape index (κ3) is 3.71. The van der Waals surface area contributed by atoms with E-state index in [4.69, 9.17) is 5.73 Å². The monoisotopic (exact) mass is 252 g/mol. The summed E-state index contributed by atoms with van der Waals surface area (Å²) in [7, 11) is 0. The lowest BCUT2D eigenvalue weighted by molar-refractivity contribution is 0.111. The predicted molar refractivity (Wildman–Crippen MR) is 78.6 cm³/mol. The normalized spacial score (nSPS) is 28.8. The van der Waals surface area contributed by atoms with E-state index in [9.17, 15) is 0 Å². The molecule has 0 unspecified atom stereocenters. The van der Waals surface area contributed by atoms with Crippen molar-refractivity contribution in [3.05, 3.63) is 0 Å². The maximum atomic E-state index is 6.12. The van der Waals surface area contributed by atoms with Crippen LogP contribution in [0.1, 0.15) is 65.2 Å². The summed E-state index contributed by atoms with van der Waals surface area (Å²) >= 11 is 0. The van der Waals surface area contributed by atoms with Crippen LogP contribution in [0.15, 0.2) is 0 Å².